The van der Waals surface area contributed by atoms with E-state index in [-0.39, 0.29) is 22.5 Å². The summed E-state index contributed by atoms with van der Waals surface area (Å²) >= 11 is 0. The van der Waals surface area contributed by atoms with Crippen molar-refractivity contribution in [1.82, 2.24) is 9.97 Å². The van der Waals surface area contributed by atoms with Crippen LogP contribution in [0.4, 0.5) is 32.0 Å². The number of benzene rings is 1. The number of rotatable bonds is 5. The summed E-state index contributed by atoms with van der Waals surface area (Å²) in [6, 6.07) is 8.38. The van der Waals surface area contributed by atoms with Gasteiger partial charge >= 0.3 is 6.18 Å². The molecule has 0 atom stereocenters. The quantitative estimate of drug-likeness (QED) is 0.492. The molecule has 1 aromatic carbocycles. The number of nitrogens with zero attached hydrogens (tertiary/aromatic N) is 3. The first kappa shape index (κ1) is 22.3. The van der Waals surface area contributed by atoms with Gasteiger partial charge in [-0.2, -0.15) is 13.2 Å². The fourth-order valence-electron chi connectivity index (χ4n) is 3.03. The molecule has 0 saturated carbocycles. The number of aromatic nitrogens is 2. The van der Waals surface area contributed by atoms with E-state index in [1.165, 1.54) is 37.4 Å². The van der Waals surface area contributed by atoms with Crippen molar-refractivity contribution in [3.8, 4) is 11.1 Å². The predicted molar refractivity (Wildman–Crippen MR) is 101 cm³/mol. The smallest absolute Gasteiger partial charge is 0.300 e. The van der Waals surface area contributed by atoms with Gasteiger partial charge in [0.2, 0.25) is 0 Å². The SMILES string of the molecule is Cc1cc(C(=O)N(CC(F)F)c2cnccc2-c2ccccc2F)cc(C(F)(F)F)n1. The Morgan fingerprint density at radius 3 is 2.45 bits per heavy atom. The maximum absolute atomic E-state index is 14.3. The lowest BCUT2D eigenvalue weighted by Gasteiger charge is -2.25. The molecule has 0 aliphatic rings. The molecule has 0 aliphatic carbocycles. The molecule has 4 nitrogen and oxygen atoms in total. The Hall–Kier alpha value is -3.43. The molecule has 2 aromatic heterocycles. The molecule has 0 spiro atoms. The van der Waals surface area contributed by atoms with Crippen LogP contribution in [0, 0.1) is 12.7 Å². The van der Waals surface area contributed by atoms with Gasteiger partial charge in [-0.25, -0.2) is 18.2 Å². The van der Waals surface area contributed by atoms with Crippen LogP contribution in [0.5, 0.6) is 0 Å². The van der Waals surface area contributed by atoms with E-state index in [1.54, 1.807) is 0 Å². The second kappa shape index (κ2) is 8.75. The van der Waals surface area contributed by atoms with Crippen LogP contribution in [-0.4, -0.2) is 28.8 Å². The van der Waals surface area contributed by atoms with E-state index in [4.69, 9.17) is 0 Å². The van der Waals surface area contributed by atoms with Gasteiger partial charge in [0.1, 0.15) is 11.5 Å². The van der Waals surface area contributed by atoms with Crippen LogP contribution in [0.2, 0.25) is 0 Å². The van der Waals surface area contributed by atoms with Crippen molar-refractivity contribution >= 4 is 11.6 Å². The van der Waals surface area contributed by atoms with E-state index in [2.05, 4.69) is 9.97 Å². The number of hydrogen-bond donors (Lipinski definition) is 0. The maximum atomic E-state index is 14.3. The summed E-state index contributed by atoms with van der Waals surface area (Å²) in [5.74, 6) is -1.79. The van der Waals surface area contributed by atoms with Gasteiger partial charge in [-0.1, -0.05) is 18.2 Å². The number of alkyl halides is 5. The molecular weight excluding hydrogens is 424 g/mol. The van der Waals surface area contributed by atoms with E-state index in [1.807, 2.05) is 0 Å². The number of amides is 1. The zero-order valence-corrected chi connectivity index (χ0v) is 16.0. The summed E-state index contributed by atoms with van der Waals surface area (Å²) in [4.78, 5) is 20.8. The summed E-state index contributed by atoms with van der Waals surface area (Å²) in [5, 5.41) is 0. The molecule has 3 rings (SSSR count). The zero-order chi connectivity index (χ0) is 22.8. The third-order valence-corrected chi connectivity index (χ3v) is 4.31. The minimum Gasteiger partial charge on any atom is -0.300 e. The third kappa shape index (κ3) is 5.01. The van der Waals surface area contributed by atoms with E-state index in [0.29, 0.717) is 11.0 Å². The highest BCUT2D eigenvalue weighted by Gasteiger charge is 2.34. The number of hydrogen-bond acceptors (Lipinski definition) is 3. The molecule has 0 aliphatic heterocycles. The molecule has 0 N–H and O–H groups in total. The fraction of sp³-hybridized carbons (Fsp3) is 0.190. The highest BCUT2D eigenvalue weighted by Crippen LogP contribution is 2.34. The monoisotopic (exact) mass is 439 g/mol. The van der Waals surface area contributed by atoms with Crippen LogP contribution in [0.3, 0.4) is 0 Å². The standard InChI is InChI=1S/C21H15F6N3O/c1-12-8-13(9-18(29-12)21(25,26)27)20(31)30(11-19(23)24)17-10-28-7-6-15(17)14-4-2-3-5-16(14)22/h2-10,19H,11H2,1H3. The molecule has 31 heavy (non-hydrogen) atoms. The number of pyridine rings is 2. The number of aryl methyl sites for hydroxylation is 1. The van der Waals surface area contributed by atoms with Crippen LogP contribution in [0.25, 0.3) is 11.1 Å². The molecular formula is C21H15F6N3O. The topological polar surface area (TPSA) is 46.1 Å². The zero-order valence-electron chi connectivity index (χ0n) is 16.0. The lowest BCUT2D eigenvalue weighted by atomic mass is 10.0. The van der Waals surface area contributed by atoms with E-state index < -0.39 is 42.1 Å². The summed E-state index contributed by atoms with van der Waals surface area (Å²) in [7, 11) is 0. The lowest BCUT2D eigenvalue weighted by molar-refractivity contribution is -0.141. The molecule has 1 amide bonds. The maximum Gasteiger partial charge on any atom is 0.433 e. The van der Waals surface area contributed by atoms with E-state index in [9.17, 15) is 31.1 Å². The van der Waals surface area contributed by atoms with Gasteiger partial charge in [-0.3, -0.25) is 9.78 Å². The van der Waals surface area contributed by atoms with Crippen molar-refractivity contribution < 1.29 is 31.1 Å². The van der Waals surface area contributed by atoms with Gasteiger partial charge in [0.15, 0.2) is 0 Å². The number of halogens is 6. The number of carbonyl (C=O) groups is 1. The van der Waals surface area contributed by atoms with Crippen LogP contribution in [-0.2, 0) is 6.18 Å². The lowest BCUT2D eigenvalue weighted by Crippen LogP contribution is -2.36. The van der Waals surface area contributed by atoms with Gasteiger partial charge in [0.05, 0.1) is 18.4 Å². The molecule has 0 saturated heterocycles. The molecule has 0 bridgehead atoms. The fourth-order valence-corrected chi connectivity index (χ4v) is 3.03. The predicted octanol–water partition coefficient (Wildman–Crippen LogP) is 5.52. The summed E-state index contributed by atoms with van der Waals surface area (Å²) in [6.45, 7) is 0.118. The highest BCUT2D eigenvalue weighted by molar-refractivity contribution is 6.08. The molecule has 10 heteroatoms. The van der Waals surface area contributed by atoms with Crippen molar-refractivity contribution in [1.29, 1.82) is 0 Å². The van der Waals surface area contributed by atoms with Crippen LogP contribution in [0.15, 0.2) is 54.9 Å². The Balaban J connectivity index is 2.15. The first-order chi connectivity index (χ1) is 14.6. The third-order valence-electron chi connectivity index (χ3n) is 4.31. The van der Waals surface area contributed by atoms with Crippen molar-refractivity contribution in [2.75, 3.05) is 11.4 Å². The van der Waals surface area contributed by atoms with Gasteiger partial charge in [0, 0.05) is 28.6 Å². The summed E-state index contributed by atoms with van der Waals surface area (Å²) in [6.07, 6.45) is -5.47. The van der Waals surface area contributed by atoms with Crippen LogP contribution >= 0.6 is 0 Å². The normalized spacial score (nSPS) is 11.6. The highest BCUT2D eigenvalue weighted by atomic mass is 19.4. The van der Waals surface area contributed by atoms with Crippen LogP contribution in [0.1, 0.15) is 21.7 Å². The first-order valence-corrected chi connectivity index (χ1v) is 8.92. The molecule has 3 aromatic rings. The van der Waals surface area contributed by atoms with Gasteiger partial charge in [-0.05, 0) is 31.2 Å². The Morgan fingerprint density at radius 2 is 1.81 bits per heavy atom. The van der Waals surface area contributed by atoms with E-state index >= 15 is 0 Å². The number of anilines is 1. The van der Waals surface area contributed by atoms with Crippen molar-refractivity contribution in [3.63, 3.8) is 0 Å². The Kier molecular flexibility index (Phi) is 6.28. The Bertz CT molecular complexity index is 1100. The molecule has 0 radical (unpaired) electrons. The minimum atomic E-state index is -4.83. The molecule has 0 fully saturated rings. The van der Waals surface area contributed by atoms with Gasteiger partial charge in [-0.15, -0.1) is 0 Å². The van der Waals surface area contributed by atoms with Crippen LogP contribution < -0.4 is 4.90 Å². The second-order valence-corrected chi connectivity index (χ2v) is 6.56. The largest absolute Gasteiger partial charge is 0.433 e. The molecule has 162 valence electrons. The summed E-state index contributed by atoms with van der Waals surface area (Å²) < 4.78 is 80.3. The molecule has 0 unspecified atom stereocenters. The van der Waals surface area contributed by atoms with Crippen molar-refractivity contribution in [3.05, 3.63) is 77.6 Å². The average Bonchev–Trinajstić information content (AvgIpc) is 2.71. The van der Waals surface area contributed by atoms with Gasteiger partial charge in [0.25, 0.3) is 12.3 Å². The average molecular weight is 439 g/mol. The Labute approximate surface area is 173 Å². The van der Waals surface area contributed by atoms with Crippen molar-refractivity contribution in [2.24, 2.45) is 0 Å². The second-order valence-electron chi connectivity index (χ2n) is 6.56. The summed E-state index contributed by atoms with van der Waals surface area (Å²) in [5.41, 5.74) is -1.98. The number of carbonyl (C=O) groups excluding carboxylic acids is 1. The molecule has 2 heterocycles. The minimum absolute atomic E-state index is 0.0221. The van der Waals surface area contributed by atoms with E-state index in [0.717, 1.165) is 18.3 Å². The van der Waals surface area contributed by atoms with Gasteiger partial charge < -0.3 is 4.90 Å². The first-order valence-electron chi connectivity index (χ1n) is 8.92. The van der Waals surface area contributed by atoms with Crippen molar-refractivity contribution in [2.45, 2.75) is 19.5 Å². The Morgan fingerprint density at radius 1 is 1.10 bits per heavy atom.